The van der Waals surface area contributed by atoms with Crippen LogP contribution in [0.25, 0.3) is 0 Å². The molecule has 0 aliphatic heterocycles. The third-order valence-electron chi connectivity index (χ3n) is 6.70. The maximum atomic E-state index is 10.5. The van der Waals surface area contributed by atoms with Gasteiger partial charge in [-0.05, 0) is 37.6 Å². The lowest BCUT2D eigenvalue weighted by atomic mass is 10.0. The van der Waals surface area contributed by atoms with Crippen molar-refractivity contribution in [3.8, 4) is 0 Å². The lowest BCUT2D eigenvalue weighted by molar-refractivity contribution is 0.483. The summed E-state index contributed by atoms with van der Waals surface area (Å²) >= 11 is 0. The number of hydrogen-bond acceptors (Lipinski definition) is 3. The average Bonchev–Trinajstić information content (AvgIpc) is 2.89. The van der Waals surface area contributed by atoms with Gasteiger partial charge in [0.1, 0.15) is 0 Å². The second-order valence-corrected chi connectivity index (χ2v) is 11.7. The molecule has 0 atom stereocenters. The lowest BCUT2D eigenvalue weighted by Gasteiger charge is -2.05. The Morgan fingerprint density at radius 3 is 1.49 bits per heavy atom. The van der Waals surface area contributed by atoms with Crippen molar-refractivity contribution >= 4 is 10.1 Å². The van der Waals surface area contributed by atoms with Crippen LogP contribution >= 0.6 is 0 Å². The molecule has 0 saturated heterocycles. The van der Waals surface area contributed by atoms with E-state index < -0.39 is 10.1 Å². The molecular formula is C32H53NO3S. The van der Waals surface area contributed by atoms with Crippen molar-refractivity contribution in [2.45, 2.75) is 128 Å². The van der Waals surface area contributed by atoms with Crippen LogP contribution in [0, 0.1) is 6.92 Å². The van der Waals surface area contributed by atoms with Crippen LogP contribution in [0.15, 0.2) is 59.5 Å². The lowest BCUT2D eigenvalue weighted by Crippen LogP contribution is -2.14. The topological polar surface area (TPSA) is 66.4 Å². The molecule has 2 aromatic carbocycles. The maximum absolute atomic E-state index is 10.5. The van der Waals surface area contributed by atoms with E-state index in [-0.39, 0.29) is 4.90 Å². The quantitative estimate of drug-likeness (QED) is 0.132. The summed E-state index contributed by atoms with van der Waals surface area (Å²) in [7, 11) is -4.02. The normalized spacial score (nSPS) is 11.2. The first-order chi connectivity index (χ1) is 17.9. The maximum Gasteiger partial charge on any atom is 0.294 e. The van der Waals surface area contributed by atoms with Crippen LogP contribution in [0.2, 0.25) is 0 Å². The number of nitrogens with one attached hydrogen (secondary N) is 1. The second kappa shape index (κ2) is 22.3. The van der Waals surface area contributed by atoms with Gasteiger partial charge in [0.2, 0.25) is 0 Å². The van der Waals surface area contributed by atoms with Crippen LogP contribution in [0.4, 0.5) is 0 Å². The molecule has 0 saturated carbocycles. The summed E-state index contributed by atoms with van der Waals surface area (Å²) in [5.74, 6) is 0. The largest absolute Gasteiger partial charge is 0.313 e. The molecule has 0 amide bonds. The van der Waals surface area contributed by atoms with Gasteiger partial charge in [-0.3, -0.25) is 4.55 Å². The highest BCUT2D eigenvalue weighted by molar-refractivity contribution is 7.85. The van der Waals surface area contributed by atoms with Crippen molar-refractivity contribution in [3.63, 3.8) is 0 Å². The van der Waals surface area contributed by atoms with Crippen LogP contribution < -0.4 is 5.32 Å². The number of rotatable bonds is 20. The summed E-state index contributed by atoms with van der Waals surface area (Å²) in [5, 5.41) is 3.55. The minimum Gasteiger partial charge on any atom is -0.313 e. The van der Waals surface area contributed by atoms with Gasteiger partial charge in [-0.2, -0.15) is 8.42 Å². The number of benzene rings is 2. The van der Waals surface area contributed by atoms with Gasteiger partial charge in [0, 0.05) is 6.54 Å². The molecule has 0 unspecified atom stereocenters. The van der Waals surface area contributed by atoms with Gasteiger partial charge in [-0.1, -0.05) is 151 Å². The number of hydrogen-bond donors (Lipinski definition) is 2. The standard InChI is InChI=1S/C25H45N.C7H8O3S/c1-2-3-4-5-6-7-8-9-10-11-12-13-14-15-16-20-23-26-24-25-21-18-17-19-22-25;1-6-2-4-7(5-3-6)11(8,9)10/h17-19,21-22,26H,2-16,20,23-24H2,1H3;2-5H,1H3,(H,8,9,10). The fourth-order valence-electron chi connectivity index (χ4n) is 4.34. The molecule has 37 heavy (non-hydrogen) atoms. The molecule has 0 aromatic heterocycles. The van der Waals surface area contributed by atoms with Crippen LogP contribution in [-0.2, 0) is 16.7 Å². The van der Waals surface area contributed by atoms with Crippen molar-refractivity contribution < 1.29 is 13.0 Å². The van der Waals surface area contributed by atoms with Gasteiger partial charge in [0.25, 0.3) is 10.1 Å². The number of unbranched alkanes of at least 4 members (excludes halogenated alkanes) is 15. The minimum atomic E-state index is -4.02. The van der Waals surface area contributed by atoms with Crippen molar-refractivity contribution in [1.82, 2.24) is 5.32 Å². The Bertz CT molecular complexity index is 867. The van der Waals surface area contributed by atoms with Gasteiger partial charge < -0.3 is 5.32 Å². The highest BCUT2D eigenvalue weighted by Gasteiger charge is 2.06. The van der Waals surface area contributed by atoms with E-state index in [1.807, 2.05) is 6.92 Å². The van der Waals surface area contributed by atoms with E-state index in [2.05, 4.69) is 42.6 Å². The molecule has 2 N–H and O–H groups in total. The third-order valence-corrected chi connectivity index (χ3v) is 7.57. The molecule has 0 radical (unpaired) electrons. The smallest absolute Gasteiger partial charge is 0.294 e. The van der Waals surface area contributed by atoms with Crippen LogP contribution in [-0.4, -0.2) is 19.5 Å². The van der Waals surface area contributed by atoms with Crippen LogP contribution in [0.5, 0.6) is 0 Å². The zero-order chi connectivity index (χ0) is 27.0. The third kappa shape index (κ3) is 20.0. The van der Waals surface area contributed by atoms with E-state index in [0.717, 1.165) is 18.7 Å². The molecule has 5 heteroatoms. The van der Waals surface area contributed by atoms with E-state index in [1.165, 1.54) is 120 Å². The average molecular weight is 532 g/mol. The highest BCUT2D eigenvalue weighted by Crippen LogP contribution is 2.13. The fourth-order valence-corrected chi connectivity index (χ4v) is 4.82. The van der Waals surface area contributed by atoms with Gasteiger partial charge in [0.05, 0.1) is 4.90 Å². The summed E-state index contributed by atoms with van der Waals surface area (Å²) in [6.07, 6.45) is 23.0. The second-order valence-electron chi connectivity index (χ2n) is 10.3. The molecule has 0 fully saturated rings. The molecule has 0 aliphatic carbocycles. The Balaban J connectivity index is 0.000000516. The summed E-state index contributed by atoms with van der Waals surface area (Å²) in [4.78, 5) is -0.0666. The first-order valence-corrected chi connectivity index (χ1v) is 16.2. The van der Waals surface area contributed by atoms with E-state index in [0.29, 0.717) is 0 Å². The zero-order valence-corrected chi connectivity index (χ0v) is 24.4. The zero-order valence-electron chi connectivity index (χ0n) is 23.6. The Hall–Kier alpha value is -1.69. The Labute approximate surface area is 228 Å². The molecule has 4 nitrogen and oxygen atoms in total. The predicted octanol–water partition coefficient (Wildman–Crippen LogP) is 9.28. The van der Waals surface area contributed by atoms with E-state index in [9.17, 15) is 8.42 Å². The molecule has 0 aliphatic rings. The van der Waals surface area contributed by atoms with Gasteiger partial charge in [-0.15, -0.1) is 0 Å². The van der Waals surface area contributed by atoms with Crippen LogP contribution in [0.1, 0.15) is 121 Å². The van der Waals surface area contributed by atoms with Crippen molar-refractivity contribution in [2.75, 3.05) is 6.54 Å². The van der Waals surface area contributed by atoms with Gasteiger partial charge >= 0.3 is 0 Å². The van der Waals surface area contributed by atoms with E-state index >= 15 is 0 Å². The van der Waals surface area contributed by atoms with Gasteiger partial charge in [-0.25, -0.2) is 0 Å². The Morgan fingerprint density at radius 1 is 0.622 bits per heavy atom. The molecule has 0 spiro atoms. The summed E-state index contributed by atoms with van der Waals surface area (Å²) < 4.78 is 29.6. The minimum absolute atomic E-state index is 0.0666. The SMILES string of the molecule is CCCCCCCCCCCCCCCCCCNCc1ccccc1.Cc1ccc(S(=O)(=O)O)cc1. The Morgan fingerprint density at radius 2 is 1.05 bits per heavy atom. The molecule has 2 aromatic rings. The van der Waals surface area contributed by atoms with Crippen LogP contribution in [0.3, 0.4) is 0 Å². The number of aryl methyl sites for hydroxylation is 1. The summed E-state index contributed by atoms with van der Waals surface area (Å²) in [6, 6.07) is 16.7. The monoisotopic (exact) mass is 531 g/mol. The van der Waals surface area contributed by atoms with Crippen molar-refractivity contribution in [2.24, 2.45) is 0 Å². The molecule has 0 bridgehead atoms. The highest BCUT2D eigenvalue weighted by atomic mass is 32.2. The first-order valence-electron chi connectivity index (χ1n) is 14.7. The Kier molecular flexibility index (Phi) is 20.1. The van der Waals surface area contributed by atoms with E-state index in [4.69, 9.17) is 4.55 Å². The predicted molar refractivity (Wildman–Crippen MR) is 159 cm³/mol. The first kappa shape index (κ1) is 33.3. The molecule has 2 rings (SSSR count). The summed E-state index contributed by atoms with van der Waals surface area (Å²) in [6.45, 7) is 6.31. The van der Waals surface area contributed by atoms with Gasteiger partial charge in [0.15, 0.2) is 0 Å². The van der Waals surface area contributed by atoms with Crippen molar-refractivity contribution in [1.29, 1.82) is 0 Å². The molecular weight excluding hydrogens is 478 g/mol. The molecule has 0 heterocycles. The van der Waals surface area contributed by atoms with Crippen molar-refractivity contribution in [3.05, 3.63) is 65.7 Å². The fraction of sp³-hybridized carbons (Fsp3) is 0.625. The molecule has 210 valence electrons. The van der Waals surface area contributed by atoms with E-state index in [1.54, 1.807) is 12.1 Å². The summed E-state index contributed by atoms with van der Waals surface area (Å²) in [5.41, 5.74) is 2.35.